The number of nitrogens with one attached hydrogen (secondary N) is 2. The lowest BCUT2D eigenvalue weighted by molar-refractivity contribution is -0.825. The highest BCUT2D eigenvalue weighted by Gasteiger charge is 2.37. The summed E-state index contributed by atoms with van der Waals surface area (Å²) in [6.07, 6.45) is -0.829. The number of likely N-dealkylation sites (N-methyl/N-ethyl adjacent to an activating group) is 1. The van der Waals surface area contributed by atoms with Crippen LogP contribution in [-0.2, 0) is 21.4 Å². The average molecular weight is 587 g/mol. The third kappa shape index (κ3) is 8.35. The summed E-state index contributed by atoms with van der Waals surface area (Å²) >= 11 is 0. The van der Waals surface area contributed by atoms with Gasteiger partial charge in [-0.15, -0.1) is 4.99 Å². The van der Waals surface area contributed by atoms with Crippen LogP contribution >= 0.6 is 0 Å². The largest absolute Gasteiger partial charge is 0.497 e. The molecule has 222 valence electrons. The lowest BCUT2D eigenvalue weighted by Gasteiger charge is -2.32. The minimum Gasteiger partial charge on any atom is -0.497 e. The number of hydrogen-bond acceptors (Lipinski definition) is 8. The van der Waals surface area contributed by atoms with Gasteiger partial charge in [0.2, 0.25) is 10.0 Å². The summed E-state index contributed by atoms with van der Waals surface area (Å²) in [6.45, 7) is 5.58. The van der Waals surface area contributed by atoms with Crippen LogP contribution in [0.1, 0.15) is 35.3 Å². The van der Waals surface area contributed by atoms with E-state index in [2.05, 4.69) is 10.5 Å². The van der Waals surface area contributed by atoms with Gasteiger partial charge in [-0.3, -0.25) is 4.90 Å². The normalized spacial score (nSPS) is 14.1. The van der Waals surface area contributed by atoms with E-state index in [9.17, 15) is 18.3 Å². The maximum Gasteiger partial charge on any atom is 0.344 e. The van der Waals surface area contributed by atoms with Crippen LogP contribution in [0.2, 0.25) is 0 Å². The number of aliphatic hydroxyl groups excluding tert-OH is 1. The molecule has 3 rings (SSSR count). The summed E-state index contributed by atoms with van der Waals surface area (Å²) in [5.74, 6) is 0.272. The molecular weight excluding hydrogens is 546 g/mol. The number of carbonyl (C=O) groups is 1. The maximum atomic E-state index is 13.7. The maximum absolute atomic E-state index is 13.7. The standard InChI is InChI=1S/C30H39N3O7S/c1-21(2)19-33(41(37,38)26-14-12-25(39-5)13-15-26)20-29(34)28(18-23-9-7-6-8-10-23)32(4)30(35)27-16-11-24(31-40-36)17-22(27)3/h6-17,21,28-29,31,34,36H,18-20H2,1-5H3/p+1/t28-,29+/m0/s1. The Morgan fingerprint density at radius 2 is 1.68 bits per heavy atom. The van der Waals surface area contributed by atoms with Gasteiger partial charge in [0, 0.05) is 19.5 Å². The molecule has 0 saturated carbocycles. The molecule has 0 aliphatic carbocycles. The van der Waals surface area contributed by atoms with Crippen molar-refractivity contribution < 1.29 is 38.2 Å². The first-order valence-corrected chi connectivity index (χ1v) is 14.8. The second-order valence-electron chi connectivity index (χ2n) is 10.5. The summed E-state index contributed by atoms with van der Waals surface area (Å²) in [5, 5.41) is 20.3. The number of carbonyl (C=O) groups excluding carboxylic acids is 1. The van der Waals surface area contributed by atoms with Gasteiger partial charge in [0.25, 0.3) is 0 Å². The molecular formula is C30H40N3O7S+. The zero-order valence-corrected chi connectivity index (χ0v) is 24.9. The van der Waals surface area contributed by atoms with Crippen molar-refractivity contribution in [3.63, 3.8) is 0 Å². The summed E-state index contributed by atoms with van der Waals surface area (Å²) in [4.78, 5) is 18.2. The number of aliphatic hydroxyl groups is 1. The lowest BCUT2D eigenvalue weighted by Crippen LogP contribution is -3.17. The van der Waals surface area contributed by atoms with Crippen LogP contribution in [0, 0.1) is 12.8 Å². The first-order valence-electron chi connectivity index (χ1n) is 13.4. The highest BCUT2D eigenvalue weighted by atomic mass is 32.2. The molecule has 0 radical (unpaired) electrons. The Morgan fingerprint density at radius 3 is 2.24 bits per heavy atom. The Hall–Kier alpha value is -3.32. The van der Waals surface area contributed by atoms with E-state index >= 15 is 0 Å². The number of hydrogen-bond donors (Lipinski definition) is 4. The Balaban J connectivity index is 1.95. The van der Waals surface area contributed by atoms with E-state index in [1.54, 1.807) is 44.3 Å². The van der Waals surface area contributed by atoms with Gasteiger partial charge in [-0.05, 0) is 66.4 Å². The number of anilines is 1. The Labute approximate surface area is 242 Å². The minimum atomic E-state index is -3.95. The van der Waals surface area contributed by atoms with Crippen LogP contribution in [-0.4, -0.2) is 68.4 Å². The smallest absolute Gasteiger partial charge is 0.344 e. The van der Waals surface area contributed by atoms with Gasteiger partial charge in [0.05, 0.1) is 30.3 Å². The van der Waals surface area contributed by atoms with Gasteiger partial charge < -0.3 is 9.84 Å². The number of benzene rings is 3. The van der Waals surface area contributed by atoms with Crippen molar-refractivity contribution >= 4 is 21.6 Å². The highest BCUT2D eigenvalue weighted by molar-refractivity contribution is 7.89. The Kier molecular flexibility index (Phi) is 11.4. The molecule has 10 nitrogen and oxygen atoms in total. The van der Waals surface area contributed by atoms with E-state index in [0.717, 1.165) is 5.56 Å². The molecule has 41 heavy (non-hydrogen) atoms. The van der Waals surface area contributed by atoms with Gasteiger partial charge in [-0.2, -0.15) is 4.31 Å². The quantitative estimate of drug-likeness (QED) is 0.168. The van der Waals surface area contributed by atoms with E-state index in [-0.39, 0.29) is 29.8 Å². The number of sulfonamides is 1. The molecule has 0 heterocycles. The fourth-order valence-corrected chi connectivity index (χ4v) is 6.39. The summed E-state index contributed by atoms with van der Waals surface area (Å²) in [7, 11) is -0.758. The van der Waals surface area contributed by atoms with Crippen molar-refractivity contribution in [2.24, 2.45) is 5.92 Å². The lowest BCUT2D eigenvalue weighted by atomic mass is 9.98. The molecule has 1 unspecified atom stereocenters. The number of ether oxygens (including phenoxy) is 1. The molecule has 0 aromatic heterocycles. The topological polar surface area (TPSA) is 130 Å². The van der Waals surface area contributed by atoms with Gasteiger partial charge >= 0.3 is 5.91 Å². The first-order chi connectivity index (χ1) is 19.5. The number of nitrogens with zero attached hydrogens (tertiary/aromatic N) is 1. The van der Waals surface area contributed by atoms with E-state index in [1.165, 1.54) is 23.5 Å². The predicted molar refractivity (Wildman–Crippen MR) is 156 cm³/mol. The van der Waals surface area contributed by atoms with E-state index in [4.69, 9.17) is 9.99 Å². The molecule has 0 saturated heterocycles. The van der Waals surface area contributed by atoms with Gasteiger partial charge in [0.1, 0.15) is 17.9 Å². The van der Waals surface area contributed by atoms with E-state index in [1.807, 2.05) is 44.2 Å². The molecule has 3 aromatic rings. The van der Waals surface area contributed by atoms with Crippen molar-refractivity contribution in [2.45, 2.75) is 44.2 Å². The van der Waals surface area contributed by atoms with Gasteiger partial charge in [0.15, 0.2) is 0 Å². The fraction of sp³-hybridized carbons (Fsp3) is 0.367. The molecule has 1 amide bonds. The zero-order chi connectivity index (χ0) is 30.2. The average Bonchev–Trinajstić information content (AvgIpc) is 2.95. The number of aryl methyl sites for hydroxylation is 1. The van der Waals surface area contributed by atoms with Crippen LogP contribution in [0.4, 0.5) is 5.69 Å². The molecule has 0 spiro atoms. The van der Waals surface area contributed by atoms with Gasteiger partial charge in [-0.25, -0.2) is 23.9 Å². The number of methoxy groups -OCH3 is 1. The van der Waals surface area contributed by atoms with Crippen LogP contribution in [0.5, 0.6) is 5.75 Å². The fourth-order valence-electron chi connectivity index (χ4n) is 4.77. The second kappa shape index (κ2) is 14.5. The number of amides is 1. The van der Waals surface area contributed by atoms with Crippen molar-refractivity contribution in [3.05, 3.63) is 89.5 Å². The monoisotopic (exact) mass is 586 g/mol. The van der Waals surface area contributed by atoms with Crippen LogP contribution in [0.25, 0.3) is 0 Å². The number of rotatable bonds is 14. The van der Waals surface area contributed by atoms with Gasteiger partial charge in [-0.1, -0.05) is 44.2 Å². The summed E-state index contributed by atoms with van der Waals surface area (Å²) < 4.78 is 33.9. The molecule has 4 N–H and O–H groups in total. The third-order valence-corrected chi connectivity index (χ3v) is 8.81. The second-order valence-corrected chi connectivity index (χ2v) is 12.4. The van der Waals surface area contributed by atoms with Crippen molar-refractivity contribution in [2.75, 3.05) is 32.7 Å². The molecule has 0 bridgehead atoms. The molecule has 0 aliphatic heterocycles. The van der Waals surface area contributed by atoms with Crippen molar-refractivity contribution in [1.82, 2.24) is 4.31 Å². The molecule has 3 aromatic carbocycles. The molecule has 3 atom stereocenters. The first kappa shape index (κ1) is 32.2. The summed E-state index contributed by atoms with van der Waals surface area (Å²) in [6, 6.07) is 19.8. The van der Waals surface area contributed by atoms with Crippen LogP contribution < -0.4 is 15.1 Å². The minimum absolute atomic E-state index is 0.00724. The molecule has 0 fully saturated rings. The number of quaternary nitrogens is 1. The van der Waals surface area contributed by atoms with Crippen molar-refractivity contribution in [3.8, 4) is 5.75 Å². The zero-order valence-electron chi connectivity index (χ0n) is 24.1. The molecule has 11 heteroatoms. The summed E-state index contributed by atoms with van der Waals surface area (Å²) in [5.41, 5.74) is 4.77. The van der Waals surface area contributed by atoms with E-state index in [0.29, 0.717) is 33.9 Å². The highest BCUT2D eigenvalue weighted by Crippen LogP contribution is 2.22. The SMILES string of the molecule is COc1ccc(S(=O)(=O)N(CC(C)C)C[C@@H](O)[C@H](Cc2ccccc2)[NH+](C)C(=O)c2ccc(NOO)cc2C)cc1. The van der Waals surface area contributed by atoms with Crippen molar-refractivity contribution in [1.29, 1.82) is 0 Å². The van der Waals surface area contributed by atoms with Crippen LogP contribution in [0.15, 0.2) is 77.7 Å². The Morgan fingerprint density at radius 1 is 1.02 bits per heavy atom. The van der Waals surface area contributed by atoms with E-state index < -0.39 is 22.2 Å². The Bertz CT molecular complexity index is 1380. The third-order valence-electron chi connectivity index (χ3n) is 6.97. The predicted octanol–water partition coefficient (Wildman–Crippen LogP) is 2.79. The van der Waals surface area contributed by atoms with Crippen LogP contribution in [0.3, 0.4) is 0 Å². The molecule has 0 aliphatic rings.